The van der Waals surface area contributed by atoms with Crippen molar-refractivity contribution in [2.75, 3.05) is 0 Å². The van der Waals surface area contributed by atoms with Crippen molar-refractivity contribution in [1.29, 1.82) is 0 Å². The minimum absolute atomic E-state index is 0.207. The molecule has 2 N–H and O–H groups in total. The molecule has 3 aromatic rings. The van der Waals surface area contributed by atoms with E-state index >= 15 is 0 Å². The van der Waals surface area contributed by atoms with E-state index < -0.39 is 5.97 Å². The number of hydrogen-bond donors (Lipinski definition) is 2. The smallest absolute Gasteiger partial charge is 0.335 e. The monoisotopic (exact) mass is 458 g/mol. The Morgan fingerprint density at radius 1 is 1.06 bits per heavy atom. The van der Waals surface area contributed by atoms with Crippen LogP contribution < -0.4 is 10.1 Å². The first-order valence-corrected chi connectivity index (χ1v) is 11.1. The molecule has 7 heteroatoms. The fraction of sp³-hybridized carbons (Fsp3) is 0.115. The number of aliphatic imine (C=N–C) groups is 1. The molecule has 4 rings (SSSR count). The number of carbonyl (C=O) groups excluding carboxylic acids is 1. The number of carboxylic acids is 1. The maximum absolute atomic E-state index is 12.5. The van der Waals surface area contributed by atoms with Crippen molar-refractivity contribution < 1.29 is 19.4 Å². The van der Waals surface area contributed by atoms with E-state index in [1.165, 1.54) is 17.3 Å². The van der Waals surface area contributed by atoms with E-state index in [2.05, 4.69) is 10.3 Å². The maximum atomic E-state index is 12.5. The third-order valence-electron chi connectivity index (χ3n) is 5.17. The van der Waals surface area contributed by atoms with Crippen molar-refractivity contribution in [2.45, 2.75) is 20.5 Å². The summed E-state index contributed by atoms with van der Waals surface area (Å²) >= 11 is 1.29. The fourth-order valence-electron chi connectivity index (χ4n) is 3.17. The van der Waals surface area contributed by atoms with E-state index in [-0.39, 0.29) is 18.1 Å². The lowest BCUT2D eigenvalue weighted by Gasteiger charge is -2.10. The van der Waals surface area contributed by atoms with Crippen LogP contribution in [-0.4, -0.2) is 22.2 Å². The van der Waals surface area contributed by atoms with Gasteiger partial charge in [-0.05, 0) is 78.7 Å². The van der Waals surface area contributed by atoms with Gasteiger partial charge in [-0.25, -0.2) is 9.79 Å². The molecule has 33 heavy (non-hydrogen) atoms. The number of rotatable bonds is 6. The van der Waals surface area contributed by atoms with Crippen LogP contribution in [0.1, 0.15) is 32.6 Å². The van der Waals surface area contributed by atoms with Crippen LogP contribution in [-0.2, 0) is 11.4 Å². The summed E-state index contributed by atoms with van der Waals surface area (Å²) in [6.45, 7) is 4.35. The van der Waals surface area contributed by atoms with Gasteiger partial charge in [-0.2, -0.15) is 0 Å². The lowest BCUT2D eigenvalue weighted by atomic mass is 10.1. The molecular weight excluding hydrogens is 436 g/mol. The zero-order chi connectivity index (χ0) is 23.4. The number of benzene rings is 3. The summed E-state index contributed by atoms with van der Waals surface area (Å²) < 4.78 is 5.95. The number of para-hydroxylation sites is 1. The van der Waals surface area contributed by atoms with Gasteiger partial charge in [-0.1, -0.05) is 36.4 Å². The molecule has 0 aromatic heterocycles. The predicted molar refractivity (Wildman–Crippen MR) is 131 cm³/mol. The number of aryl methyl sites for hydroxylation is 2. The van der Waals surface area contributed by atoms with E-state index in [1.807, 2.05) is 56.3 Å². The first kappa shape index (κ1) is 22.4. The van der Waals surface area contributed by atoms with Crippen molar-refractivity contribution in [2.24, 2.45) is 4.99 Å². The van der Waals surface area contributed by atoms with Gasteiger partial charge in [0.2, 0.25) is 0 Å². The molecule has 1 fully saturated rings. The Balaban J connectivity index is 1.49. The average Bonchev–Trinajstić information content (AvgIpc) is 3.14. The van der Waals surface area contributed by atoms with E-state index in [0.717, 1.165) is 22.4 Å². The highest BCUT2D eigenvalue weighted by atomic mass is 32.2. The number of nitrogens with zero attached hydrogens (tertiary/aromatic N) is 1. The van der Waals surface area contributed by atoms with Crippen molar-refractivity contribution in [3.05, 3.63) is 99.5 Å². The molecule has 1 aliphatic heterocycles. The Morgan fingerprint density at radius 2 is 1.82 bits per heavy atom. The van der Waals surface area contributed by atoms with Crippen LogP contribution in [0.3, 0.4) is 0 Å². The van der Waals surface area contributed by atoms with E-state index in [4.69, 9.17) is 9.84 Å². The standard InChI is InChI=1S/C26H22N2O4S/c1-16-7-12-21(13-17(16)2)27-26-28-24(29)23(33-26)14-20-5-3-4-6-22(20)32-15-18-8-10-19(11-9-18)25(30)31/h3-14H,15H2,1-2H3,(H,30,31)(H,27,28,29)/b23-14-. The number of hydrogen-bond acceptors (Lipinski definition) is 5. The lowest BCUT2D eigenvalue weighted by molar-refractivity contribution is -0.115. The molecule has 0 unspecified atom stereocenters. The Morgan fingerprint density at radius 3 is 2.55 bits per heavy atom. The van der Waals surface area contributed by atoms with Crippen LogP contribution in [0.4, 0.5) is 5.69 Å². The van der Waals surface area contributed by atoms with Crippen LogP contribution in [0, 0.1) is 13.8 Å². The number of aromatic carboxylic acids is 1. The number of carboxylic acid groups (broad SMARTS) is 1. The largest absolute Gasteiger partial charge is 0.488 e. The van der Waals surface area contributed by atoms with Crippen molar-refractivity contribution in [1.82, 2.24) is 5.32 Å². The zero-order valence-corrected chi connectivity index (χ0v) is 19.0. The molecule has 0 bridgehead atoms. The van der Waals surface area contributed by atoms with Crippen molar-refractivity contribution in [3.8, 4) is 5.75 Å². The van der Waals surface area contributed by atoms with Gasteiger partial charge < -0.3 is 15.2 Å². The number of carbonyl (C=O) groups is 2. The van der Waals surface area contributed by atoms with Crippen molar-refractivity contribution >= 4 is 40.6 Å². The van der Waals surface area contributed by atoms with Gasteiger partial charge in [0.25, 0.3) is 5.91 Å². The van der Waals surface area contributed by atoms with Gasteiger partial charge in [0, 0.05) is 5.56 Å². The van der Waals surface area contributed by atoms with Gasteiger partial charge in [-0.3, -0.25) is 4.79 Å². The summed E-state index contributed by atoms with van der Waals surface area (Å²) in [4.78, 5) is 28.6. The molecule has 1 heterocycles. The highest BCUT2D eigenvalue weighted by Gasteiger charge is 2.24. The molecule has 1 aliphatic rings. The summed E-state index contributed by atoms with van der Waals surface area (Å²) in [5.41, 5.74) is 4.97. The molecule has 1 saturated heterocycles. The van der Waals surface area contributed by atoms with Crippen LogP contribution in [0.25, 0.3) is 6.08 Å². The number of thioether (sulfide) groups is 1. The van der Waals surface area contributed by atoms with Gasteiger partial charge in [0.1, 0.15) is 12.4 Å². The van der Waals surface area contributed by atoms with Gasteiger partial charge >= 0.3 is 5.97 Å². The normalized spacial score (nSPS) is 15.6. The van der Waals surface area contributed by atoms with E-state index in [1.54, 1.807) is 30.3 Å². The molecule has 0 aliphatic carbocycles. The molecule has 1 amide bonds. The predicted octanol–water partition coefficient (Wildman–Crippen LogP) is 5.47. The highest BCUT2D eigenvalue weighted by Crippen LogP contribution is 2.31. The fourth-order valence-corrected chi connectivity index (χ4v) is 4.00. The van der Waals surface area contributed by atoms with Crippen LogP contribution in [0.5, 0.6) is 5.75 Å². The number of amidine groups is 1. The molecule has 6 nitrogen and oxygen atoms in total. The first-order valence-electron chi connectivity index (χ1n) is 10.3. The third kappa shape index (κ3) is 5.51. The van der Waals surface area contributed by atoms with E-state index in [9.17, 15) is 9.59 Å². The second kappa shape index (κ2) is 9.75. The molecule has 0 atom stereocenters. The number of nitrogens with one attached hydrogen (secondary N) is 1. The maximum Gasteiger partial charge on any atom is 0.335 e. The Bertz CT molecular complexity index is 1280. The number of ether oxygens (including phenoxy) is 1. The summed E-state index contributed by atoms with van der Waals surface area (Å²) in [6.07, 6.45) is 1.78. The van der Waals surface area contributed by atoms with Gasteiger partial charge in [-0.15, -0.1) is 0 Å². The minimum atomic E-state index is -0.966. The first-order chi connectivity index (χ1) is 15.9. The molecular formula is C26H22N2O4S. The molecule has 0 spiro atoms. The quantitative estimate of drug-likeness (QED) is 0.478. The van der Waals surface area contributed by atoms with Crippen LogP contribution in [0.15, 0.2) is 76.6 Å². The minimum Gasteiger partial charge on any atom is -0.488 e. The lowest BCUT2D eigenvalue weighted by Crippen LogP contribution is -2.19. The molecule has 3 aromatic carbocycles. The molecule has 0 saturated carbocycles. The summed E-state index contributed by atoms with van der Waals surface area (Å²) in [7, 11) is 0. The van der Waals surface area contributed by atoms with Gasteiger partial charge in [0.05, 0.1) is 16.2 Å². The zero-order valence-electron chi connectivity index (χ0n) is 18.2. The Kier molecular flexibility index (Phi) is 6.60. The SMILES string of the molecule is Cc1ccc(N=C2NC(=O)/C(=C/c3ccccc3OCc3ccc(C(=O)O)cc3)S2)cc1C. The number of amides is 1. The third-order valence-corrected chi connectivity index (χ3v) is 6.08. The summed E-state index contributed by atoms with van der Waals surface area (Å²) in [5.74, 6) is -0.547. The van der Waals surface area contributed by atoms with Crippen LogP contribution in [0.2, 0.25) is 0 Å². The summed E-state index contributed by atoms with van der Waals surface area (Å²) in [5, 5.41) is 12.4. The van der Waals surface area contributed by atoms with Crippen LogP contribution >= 0.6 is 11.8 Å². The molecule has 166 valence electrons. The Hall–Kier alpha value is -3.84. The van der Waals surface area contributed by atoms with Crippen molar-refractivity contribution in [3.63, 3.8) is 0 Å². The second-order valence-corrected chi connectivity index (χ2v) is 8.61. The second-order valence-electron chi connectivity index (χ2n) is 7.58. The Labute approximate surface area is 196 Å². The average molecular weight is 459 g/mol. The molecule has 0 radical (unpaired) electrons. The summed E-state index contributed by atoms with van der Waals surface area (Å²) in [6, 6.07) is 19.9. The van der Waals surface area contributed by atoms with E-state index in [0.29, 0.717) is 15.8 Å². The highest BCUT2D eigenvalue weighted by molar-refractivity contribution is 8.18. The topological polar surface area (TPSA) is 88.0 Å². The van der Waals surface area contributed by atoms with Gasteiger partial charge in [0.15, 0.2) is 5.17 Å².